The van der Waals surface area contributed by atoms with E-state index in [9.17, 15) is 4.79 Å². The number of aromatic nitrogens is 2. The minimum Gasteiger partial charge on any atom is -0.366 e. The zero-order valence-corrected chi connectivity index (χ0v) is 12.1. The Balaban J connectivity index is 2.75. The van der Waals surface area contributed by atoms with Crippen LogP contribution in [-0.4, -0.2) is 15.5 Å². The highest BCUT2D eigenvalue weighted by molar-refractivity contribution is 9.10. The first kappa shape index (κ1) is 13.5. The molecule has 0 aliphatic heterocycles. The lowest BCUT2D eigenvalue weighted by Crippen LogP contribution is -2.12. The lowest BCUT2D eigenvalue weighted by molar-refractivity contribution is 0.0999. The lowest BCUT2D eigenvalue weighted by Gasteiger charge is -2.09. The number of halogens is 1. The highest BCUT2D eigenvalue weighted by atomic mass is 79.9. The molecule has 19 heavy (non-hydrogen) atoms. The lowest BCUT2D eigenvalue weighted by atomic mass is 10.1. The molecule has 0 aliphatic rings. The number of rotatable bonds is 4. The Bertz CT molecular complexity index is 632. The predicted octanol–water partition coefficient (Wildman–Crippen LogP) is 2.91. The van der Waals surface area contributed by atoms with E-state index in [1.54, 1.807) is 18.5 Å². The number of primary amides is 1. The number of amides is 1. The fourth-order valence-electron chi connectivity index (χ4n) is 2.13. The normalized spacial score (nSPS) is 10.4. The van der Waals surface area contributed by atoms with Gasteiger partial charge in [-0.2, -0.15) is 0 Å². The third kappa shape index (κ3) is 2.33. The summed E-state index contributed by atoms with van der Waals surface area (Å²) >= 11 is 3.48. The van der Waals surface area contributed by atoms with Crippen molar-refractivity contribution in [2.45, 2.75) is 13.5 Å². The number of hydrogen-bond acceptors (Lipinski definition) is 2. The van der Waals surface area contributed by atoms with E-state index in [0.717, 1.165) is 17.0 Å². The molecular formula is C14H14BrN3O. The van der Waals surface area contributed by atoms with Gasteiger partial charge in [-0.25, -0.2) is 0 Å². The largest absolute Gasteiger partial charge is 0.366 e. The summed E-state index contributed by atoms with van der Waals surface area (Å²) < 4.78 is 2.72. The van der Waals surface area contributed by atoms with Crippen molar-refractivity contribution in [3.8, 4) is 11.3 Å². The highest BCUT2D eigenvalue weighted by Gasteiger charge is 2.22. The van der Waals surface area contributed by atoms with Gasteiger partial charge in [-0.05, 0) is 35.0 Å². The second-order valence-electron chi connectivity index (χ2n) is 4.12. The molecule has 0 atom stereocenters. The maximum Gasteiger partial charge on any atom is 0.251 e. The molecule has 98 valence electrons. The van der Waals surface area contributed by atoms with Crippen molar-refractivity contribution in [1.29, 1.82) is 0 Å². The Kier molecular flexibility index (Phi) is 3.85. The number of nitrogens with zero attached hydrogens (tertiary/aromatic N) is 2. The van der Waals surface area contributed by atoms with Crippen LogP contribution in [0.5, 0.6) is 0 Å². The molecule has 0 aromatic carbocycles. The van der Waals surface area contributed by atoms with E-state index in [-0.39, 0.29) is 0 Å². The van der Waals surface area contributed by atoms with Gasteiger partial charge in [-0.15, -0.1) is 6.58 Å². The van der Waals surface area contributed by atoms with Crippen LogP contribution in [0.2, 0.25) is 0 Å². The van der Waals surface area contributed by atoms with E-state index >= 15 is 0 Å². The SMILES string of the molecule is C=CCn1c(C)c(C(N)=O)c(Br)c1-c1ccncc1. The molecule has 4 nitrogen and oxygen atoms in total. The van der Waals surface area contributed by atoms with Gasteiger partial charge in [-0.3, -0.25) is 9.78 Å². The molecule has 0 saturated heterocycles. The zero-order valence-electron chi connectivity index (χ0n) is 10.6. The monoisotopic (exact) mass is 319 g/mol. The van der Waals surface area contributed by atoms with Gasteiger partial charge in [0.15, 0.2) is 0 Å². The molecule has 0 fully saturated rings. The van der Waals surface area contributed by atoms with Crippen LogP contribution in [0.4, 0.5) is 0 Å². The minimum atomic E-state index is -0.442. The van der Waals surface area contributed by atoms with E-state index in [4.69, 9.17) is 5.73 Å². The third-order valence-electron chi connectivity index (χ3n) is 2.98. The highest BCUT2D eigenvalue weighted by Crippen LogP contribution is 2.35. The molecule has 0 radical (unpaired) electrons. The number of hydrogen-bond donors (Lipinski definition) is 1. The second kappa shape index (κ2) is 5.40. The second-order valence-corrected chi connectivity index (χ2v) is 4.92. The summed E-state index contributed by atoms with van der Waals surface area (Å²) in [6, 6.07) is 3.79. The molecule has 2 heterocycles. The number of carbonyl (C=O) groups excluding carboxylic acids is 1. The first-order valence-corrected chi connectivity index (χ1v) is 6.57. The van der Waals surface area contributed by atoms with Gasteiger partial charge in [0.05, 0.1) is 15.7 Å². The molecule has 0 bridgehead atoms. The molecule has 0 spiro atoms. The summed E-state index contributed by atoms with van der Waals surface area (Å²) in [5, 5.41) is 0. The summed E-state index contributed by atoms with van der Waals surface area (Å²) in [7, 11) is 0. The van der Waals surface area contributed by atoms with Gasteiger partial charge >= 0.3 is 0 Å². The first-order chi connectivity index (χ1) is 9.07. The van der Waals surface area contributed by atoms with Crippen molar-refractivity contribution in [3.05, 3.63) is 52.9 Å². The van der Waals surface area contributed by atoms with Crippen LogP contribution in [0.15, 0.2) is 41.7 Å². The van der Waals surface area contributed by atoms with E-state index in [1.165, 1.54) is 0 Å². The number of allylic oxidation sites excluding steroid dienone is 1. The Morgan fingerprint density at radius 1 is 1.53 bits per heavy atom. The number of nitrogens with two attached hydrogens (primary N) is 1. The maximum atomic E-state index is 11.6. The molecule has 2 aromatic heterocycles. The van der Waals surface area contributed by atoms with E-state index in [0.29, 0.717) is 16.6 Å². The molecule has 2 rings (SSSR count). The minimum absolute atomic E-state index is 0.442. The van der Waals surface area contributed by atoms with Crippen molar-refractivity contribution >= 4 is 21.8 Å². The molecule has 2 N–H and O–H groups in total. The first-order valence-electron chi connectivity index (χ1n) is 5.77. The number of pyridine rings is 1. The molecule has 2 aromatic rings. The van der Waals surface area contributed by atoms with Crippen molar-refractivity contribution in [1.82, 2.24) is 9.55 Å². The summed E-state index contributed by atoms with van der Waals surface area (Å²) in [5.74, 6) is -0.442. The Morgan fingerprint density at radius 3 is 2.68 bits per heavy atom. The van der Waals surface area contributed by atoms with Crippen molar-refractivity contribution < 1.29 is 4.79 Å². The maximum absolute atomic E-state index is 11.6. The van der Waals surface area contributed by atoms with E-state index in [1.807, 2.05) is 23.6 Å². The Labute approximate surface area is 120 Å². The molecule has 5 heteroatoms. The summed E-state index contributed by atoms with van der Waals surface area (Å²) in [5.41, 5.74) is 8.67. The average Bonchev–Trinajstić information content (AvgIpc) is 2.63. The van der Waals surface area contributed by atoms with E-state index in [2.05, 4.69) is 27.5 Å². The van der Waals surface area contributed by atoms with Gasteiger partial charge in [-0.1, -0.05) is 6.08 Å². The van der Waals surface area contributed by atoms with Crippen LogP contribution in [0.3, 0.4) is 0 Å². The molecule has 0 aliphatic carbocycles. The van der Waals surface area contributed by atoms with Crippen LogP contribution < -0.4 is 5.73 Å². The molecular weight excluding hydrogens is 306 g/mol. The molecule has 0 saturated carbocycles. The van der Waals surface area contributed by atoms with Gasteiger partial charge in [0.1, 0.15) is 0 Å². The van der Waals surface area contributed by atoms with Crippen molar-refractivity contribution in [2.75, 3.05) is 0 Å². The smallest absolute Gasteiger partial charge is 0.251 e. The standard InChI is InChI=1S/C14H14BrN3O/c1-3-8-18-9(2)11(14(16)19)12(15)13(18)10-4-6-17-7-5-10/h3-7H,1,8H2,2H3,(H2,16,19). The average molecular weight is 320 g/mol. The van der Waals surface area contributed by atoms with Crippen LogP contribution in [0.1, 0.15) is 16.1 Å². The summed E-state index contributed by atoms with van der Waals surface area (Å²) in [6.45, 7) is 6.23. The fraction of sp³-hybridized carbons (Fsp3) is 0.143. The molecule has 1 amide bonds. The van der Waals surface area contributed by atoms with Gasteiger partial charge in [0.2, 0.25) is 0 Å². The summed E-state index contributed by atoms with van der Waals surface area (Å²) in [4.78, 5) is 15.6. The van der Waals surface area contributed by atoms with Gasteiger partial charge in [0.25, 0.3) is 5.91 Å². The predicted molar refractivity (Wildman–Crippen MR) is 78.8 cm³/mol. The third-order valence-corrected chi connectivity index (χ3v) is 3.75. The van der Waals surface area contributed by atoms with E-state index < -0.39 is 5.91 Å². The topological polar surface area (TPSA) is 60.9 Å². The molecule has 0 unspecified atom stereocenters. The number of carbonyl (C=O) groups is 1. The fourth-order valence-corrected chi connectivity index (χ4v) is 3.06. The van der Waals surface area contributed by atoms with Gasteiger partial charge < -0.3 is 10.3 Å². The van der Waals surface area contributed by atoms with Crippen molar-refractivity contribution in [2.24, 2.45) is 5.73 Å². The van der Waals surface area contributed by atoms with Gasteiger partial charge in [0, 0.05) is 30.2 Å². The van der Waals surface area contributed by atoms with Crippen LogP contribution in [0, 0.1) is 6.92 Å². The zero-order chi connectivity index (χ0) is 14.0. The van der Waals surface area contributed by atoms with Crippen LogP contribution >= 0.6 is 15.9 Å². The Hall–Kier alpha value is -1.88. The van der Waals surface area contributed by atoms with Crippen molar-refractivity contribution in [3.63, 3.8) is 0 Å². The Morgan fingerprint density at radius 2 is 2.16 bits per heavy atom. The van der Waals surface area contributed by atoms with Crippen LogP contribution in [0.25, 0.3) is 11.3 Å². The van der Waals surface area contributed by atoms with Crippen LogP contribution in [-0.2, 0) is 6.54 Å². The quantitative estimate of drug-likeness (QED) is 0.881. The summed E-state index contributed by atoms with van der Waals surface area (Å²) in [6.07, 6.45) is 5.22.